The van der Waals surface area contributed by atoms with Crippen molar-refractivity contribution in [3.63, 3.8) is 0 Å². The third kappa shape index (κ3) is 13.2. The fourth-order valence-electron chi connectivity index (χ4n) is 8.77. The molecule has 6 amide bonds. The number of ether oxygens (including phenoxy) is 2. The van der Waals surface area contributed by atoms with Gasteiger partial charge in [0.1, 0.15) is 24.2 Å². The molecule has 2 fully saturated rings. The van der Waals surface area contributed by atoms with Gasteiger partial charge in [0, 0.05) is 38.5 Å². The monoisotopic (exact) mass is 1020 g/mol. The minimum absolute atomic E-state index is 0.0373. The van der Waals surface area contributed by atoms with E-state index in [-0.39, 0.29) is 43.8 Å². The van der Waals surface area contributed by atoms with Crippen LogP contribution in [0.3, 0.4) is 0 Å². The molecule has 4 aromatic rings. The van der Waals surface area contributed by atoms with Crippen LogP contribution < -0.4 is 20.4 Å². The summed E-state index contributed by atoms with van der Waals surface area (Å²) in [5, 5.41) is 25.6. The number of aryl methyl sites for hydroxylation is 2. The lowest BCUT2D eigenvalue weighted by Crippen LogP contribution is -2.58. The van der Waals surface area contributed by atoms with E-state index in [9.17, 15) is 42.3 Å². The fraction of sp³-hybridized carbons (Fsp3) is 0.500. The summed E-state index contributed by atoms with van der Waals surface area (Å²) in [4.78, 5) is 80.8. The molecule has 2 aromatic heterocycles. The van der Waals surface area contributed by atoms with Crippen molar-refractivity contribution in [3.05, 3.63) is 94.4 Å². The van der Waals surface area contributed by atoms with Crippen LogP contribution in [0.25, 0.3) is 10.4 Å². The first-order chi connectivity index (χ1) is 34.0. The molecule has 3 N–H and O–H groups in total. The molecule has 0 aliphatic carbocycles. The number of nitriles is 1. The van der Waals surface area contributed by atoms with E-state index >= 15 is 0 Å². The molecule has 0 spiro atoms. The number of pyridine rings is 1. The SMILES string of the molecule is Cc1ncsc1-c1ccc([C@H](C)NC(=O)[C@@H]2C[C@@H](O)CN2C(=O)C(NC(=O)COCCCOCCCCCCc2ccc(N3C(=O)N(c4ccc(C#N)c(C(F)(F)F)c4)C(=O)C3(C)C)cn2)C(C)(C)C)cc1. The number of amides is 6. The molecular weight excluding hydrogens is 954 g/mol. The van der Waals surface area contributed by atoms with Crippen LogP contribution in [0.5, 0.6) is 0 Å². The lowest BCUT2D eigenvalue weighted by molar-refractivity contribution is -0.144. The van der Waals surface area contributed by atoms with Gasteiger partial charge < -0.3 is 30.1 Å². The number of rotatable bonds is 21. The first-order valence-corrected chi connectivity index (χ1v) is 24.9. The quantitative estimate of drug-likeness (QED) is 0.0538. The molecule has 4 atom stereocenters. The third-order valence-electron chi connectivity index (χ3n) is 12.8. The van der Waals surface area contributed by atoms with Crippen LogP contribution in [0.2, 0.25) is 0 Å². The summed E-state index contributed by atoms with van der Waals surface area (Å²) in [7, 11) is 0. The molecule has 0 radical (unpaired) electrons. The van der Waals surface area contributed by atoms with Crippen molar-refractivity contribution in [2.24, 2.45) is 5.41 Å². The second-order valence-electron chi connectivity index (χ2n) is 19.7. The molecule has 0 saturated carbocycles. The van der Waals surface area contributed by atoms with Crippen LogP contribution in [0.4, 0.5) is 29.3 Å². The molecule has 386 valence electrons. The maximum atomic E-state index is 14.0. The van der Waals surface area contributed by atoms with Gasteiger partial charge in [0.25, 0.3) is 5.91 Å². The van der Waals surface area contributed by atoms with Crippen molar-refractivity contribution < 1.29 is 51.7 Å². The molecule has 72 heavy (non-hydrogen) atoms. The summed E-state index contributed by atoms with van der Waals surface area (Å²) in [6.07, 6.45) is 0.475. The molecule has 2 aliphatic heterocycles. The van der Waals surface area contributed by atoms with E-state index in [0.29, 0.717) is 42.7 Å². The number of urea groups is 1. The zero-order chi connectivity index (χ0) is 52.5. The number of unbranched alkanes of at least 4 members (excludes halogenated alkanes) is 3. The van der Waals surface area contributed by atoms with Crippen molar-refractivity contribution in [2.45, 2.75) is 129 Å². The highest BCUT2D eigenvalue weighted by Gasteiger charge is 2.53. The van der Waals surface area contributed by atoms with E-state index in [1.165, 1.54) is 35.9 Å². The summed E-state index contributed by atoms with van der Waals surface area (Å²) >= 11 is 1.56. The van der Waals surface area contributed by atoms with Gasteiger partial charge in [-0.25, -0.2) is 14.7 Å². The Labute approximate surface area is 421 Å². The predicted octanol–water partition coefficient (Wildman–Crippen LogP) is 8.05. The highest BCUT2D eigenvalue weighted by molar-refractivity contribution is 7.13. The van der Waals surface area contributed by atoms with Crippen molar-refractivity contribution >= 4 is 52.4 Å². The number of nitrogens with zero attached hydrogens (tertiary/aromatic N) is 6. The van der Waals surface area contributed by atoms with E-state index in [1.54, 1.807) is 29.0 Å². The van der Waals surface area contributed by atoms with Crippen molar-refractivity contribution in [1.29, 1.82) is 5.26 Å². The fourth-order valence-corrected chi connectivity index (χ4v) is 9.58. The number of aromatic nitrogens is 2. The normalized spacial score (nSPS) is 17.8. The van der Waals surface area contributed by atoms with Crippen LogP contribution in [0.1, 0.15) is 114 Å². The Morgan fingerprint density at radius 3 is 2.25 bits per heavy atom. The molecule has 2 aliphatic rings. The molecule has 0 bridgehead atoms. The number of carbonyl (C=O) groups is 5. The summed E-state index contributed by atoms with van der Waals surface area (Å²) in [5.41, 5.74) is 1.46. The first-order valence-electron chi connectivity index (χ1n) is 24.0. The van der Waals surface area contributed by atoms with Gasteiger partial charge in [-0.2, -0.15) is 18.4 Å². The summed E-state index contributed by atoms with van der Waals surface area (Å²) in [5.74, 6) is -2.05. The largest absolute Gasteiger partial charge is 0.417 e. The smallest absolute Gasteiger partial charge is 0.391 e. The number of alkyl halides is 3. The zero-order valence-corrected chi connectivity index (χ0v) is 42.5. The first kappa shape index (κ1) is 55.1. The van der Waals surface area contributed by atoms with Gasteiger partial charge in [0.15, 0.2) is 0 Å². The number of imide groups is 1. The number of aliphatic hydroxyl groups excluding tert-OH is 1. The molecule has 2 aromatic carbocycles. The lowest BCUT2D eigenvalue weighted by atomic mass is 9.85. The van der Waals surface area contributed by atoms with Gasteiger partial charge >= 0.3 is 12.2 Å². The maximum Gasteiger partial charge on any atom is 0.417 e. The van der Waals surface area contributed by atoms with Crippen molar-refractivity contribution in [2.75, 3.05) is 42.8 Å². The number of nitrogens with one attached hydrogen (secondary N) is 2. The van der Waals surface area contributed by atoms with Gasteiger partial charge in [-0.05, 0) is 100 Å². The molecule has 20 heteroatoms. The van der Waals surface area contributed by atoms with Gasteiger partial charge in [0.05, 0.1) is 63.0 Å². The second kappa shape index (κ2) is 23.5. The molecule has 2 saturated heterocycles. The number of hydrogen-bond acceptors (Lipinski definition) is 12. The van der Waals surface area contributed by atoms with Gasteiger partial charge in [0.2, 0.25) is 17.7 Å². The minimum Gasteiger partial charge on any atom is -0.391 e. The molecule has 4 heterocycles. The molecule has 1 unspecified atom stereocenters. The summed E-state index contributed by atoms with van der Waals surface area (Å²) < 4.78 is 52.3. The number of β-amino-alcohol motifs (C(OH)–C–C–N with tert-alkyl or cyclic N) is 1. The Balaban J connectivity index is 0.859. The maximum absolute atomic E-state index is 14.0. The Kier molecular flexibility index (Phi) is 18.0. The number of hydrogen-bond donors (Lipinski definition) is 3. The standard InChI is InChI=1S/C52H63F3N8O8S/c1-32(34-14-16-35(17-15-34)44-33(2)58-31-72-44)59-46(66)42-26-40(64)29-61(42)47(67)45(50(3,4)5)60-43(65)30-71-24-12-23-70-22-11-9-8-10-13-37-19-21-39(28-57-37)63-49(69)62(48(68)51(63,6)7)38-20-18-36(27-56)41(25-38)52(53,54)55/h14-21,25,28,31-32,40,42,45,64H,8-13,22-24,26,29-30H2,1-7H3,(H,59,66)(H,60,65)/t32-,40+,42-,45?/m0/s1. The van der Waals surface area contributed by atoms with Crippen LogP contribution in [0.15, 0.2) is 66.3 Å². The van der Waals surface area contributed by atoms with Crippen LogP contribution in [0, 0.1) is 23.7 Å². The van der Waals surface area contributed by atoms with Gasteiger partial charge in [-0.15, -0.1) is 11.3 Å². The minimum atomic E-state index is -4.86. The van der Waals surface area contributed by atoms with Gasteiger partial charge in [-0.1, -0.05) is 57.9 Å². The van der Waals surface area contributed by atoms with E-state index in [2.05, 4.69) is 20.6 Å². The number of likely N-dealkylation sites (tertiary alicyclic amines) is 1. The van der Waals surface area contributed by atoms with E-state index in [4.69, 9.17) is 14.7 Å². The lowest BCUT2D eigenvalue weighted by Gasteiger charge is -2.35. The highest BCUT2D eigenvalue weighted by Crippen LogP contribution is 2.40. The van der Waals surface area contributed by atoms with Gasteiger partial charge in [-0.3, -0.25) is 29.1 Å². The highest BCUT2D eigenvalue weighted by atomic mass is 32.1. The number of thiazole rings is 1. The van der Waals surface area contributed by atoms with Crippen LogP contribution >= 0.6 is 11.3 Å². The topological polar surface area (TPSA) is 207 Å². The Morgan fingerprint density at radius 2 is 1.61 bits per heavy atom. The van der Waals surface area contributed by atoms with Crippen molar-refractivity contribution in [3.8, 4) is 16.5 Å². The average Bonchev–Trinajstić information content (AvgIpc) is 4.00. The zero-order valence-electron chi connectivity index (χ0n) is 41.7. The van der Waals surface area contributed by atoms with E-state index < -0.39 is 70.2 Å². The second-order valence-corrected chi connectivity index (χ2v) is 20.6. The van der Waals surface area contributed by atoms with Crippen molar-refractivity contribution in [1.82, 2.24) is 25.5 Å². The number of halogens is 3. The Morgan fingerprint density at radius 1 is 0.931 bits per heavy atom. The van der Waals surface area contributed by atoms with E-state index in [0.717, 1.165) is 65.2 Å². The number of aliphatic hydroxyl groups is 1. The van der Waals surface area contributed by atoms with E-state index in [1.807, 2.05) is 58.9 Å². The molecule has 16 nitrogen and oxygen atoms in total. The molecule has 6 rings (SSSR count). The van der Waals surface area contributed by atoms with Crippen LogP contribution in [-0.4, -0.2) is 106 Å². The Bertz CT molecular complexity index is 2610. The average molecular weight is 1020 g/mol. The predicted molar refractivity (Wildman–Crippen MR) is 265 cm³/mol. The third-order valence-corrected chi connectivity index (χ3v) is 13.7. The summed E-state index contributed by atoms with van der Waals surface area (Å²) in [6, 6.07) is 12.4. The number of anilines is 2. The molecular formula is C52H63F3N8O8S. The van der Waals surface area contributed by atoms with Crippen LogP contribution in [-0.2, 0) is 41.2 Å². The summed E-state index contributed by atoms with van der Waals surface area (Å²) in [6.45, 7) is 13.2. The Hall–Kier alpha value is -6.27. The number of carbonyl (C=O) groups excluding carboxylic acids is 5. The number of benzene rings is 2.